The molecule has 0 spiro atoms. The van der Waals surface area contributed by atoms with Gasteiger partial charge in [0.15, 0.2) is 0 Å². The van der Waals surface area contributed by atoms with Crippen molar-refractivity contribution in [3.05, 3.63) is 34.9 Å². The standard InChI is InChI=1S/C15H21N/c1-11-3-4-12(2)14(9-11)15(6-7-15)13-5-8-16-10-13/h3-4,9,13,16H,5-8,10H2,1-2H3. The maximum atomic E-state index is 3.52. The van der Waals surface area contributed by atoms with E-state index in [0.717, 1.165) is 5.92 Å². The Hall–Kier alpha value is -0.820. The van der Waals surface area contributed by atoms with Gasteiger partial charge >= 0.3 is 0 Å². The van der Waals surface area contributed by atoms with Gasteiger partial charge in [0.2, 0.25) is 0 Å². The van der Waals surface area contributed by atoms with Crippen LogP contribution in [0.4, 0.5) is 0 Å². The van der Waals surface area contributed by atoms with Gasteiger partial charge in [0, 0.05) is 0 Å². The van der Waals surface area contributed by atoms with E-state index in [2.05, 4.69) is 37.4 Å². The predicted octanol–water partition coefficient (Wildman–Crippen LogP) is 2.94. The Kier molecular flexibility index (Phi) is 2.32. The normalized spacial score (nSPS) is 27.0. The van der Waals surface area contributed by atoms with E-state index in [9.17, 15) is 0 Å². The molecule has 0 radical (unpaired) electrons. The summed E-state index contributed by atoms with van der Waals surface area (Å²) in [6, 6.07) is 6.97. The Morgan fingerprint density at radius 1 is 1.25 bits per heavy atom. The summed E-state index contributed by atoms with van der Waals surface area (Å²) in [5, 5.41) is 3.52. The summed E-state index contributed by atoms with van der Waals surface area (Å²) in [6.07, 6.45) is 4.18. The van der Waals surface area contributed by atoms with Gasteiger partial charge in [-0.2, -0.15) is 0 Å². The highest BCUT2D eigenvalue weighted by atomic mass is 14.9. The molecule has 86 valence electrons. The SMILES string of the molecule is Cc1ccc(C)c(C2(C3CCNC3)CC2)c1. The third-order valence-corrected chi connectivity index (χ3v) is 4.56. The summed E-state index contributed by atoms with van der Waals surface area (Å²) in [7, 11) is 0. The second-order valence-electron chi connectivity index (χ2n) is 5.66. The summed E-state index contributed by atoms with van der Waals surface area (Å²) in [5.74, 6) is 0.882. The highest BCUT2D eigenvalue weighted by Crippen LogP contribution is 2.56. The Morgan fingerprint density at radius 3 is 2.69 bits per heavy atom. The molecule has 1 aliphatic heterocycles. The largest absolute Gasteiger partial charge is 0.316 e. The zero-order valence-electron chi connectivity index (χ0n) is 10.3. The molecular weight excluding hydrogens is 194 g/mol. The number of rotatable bonds is 2. The van der Waals surface area contributed by atoms with Crippen molar-refractivity contribution < 1.29 is 0 Å². The van der Waals surface area contributed by atoms with E-state index >= 15 is 0 Å². The number of nitrogens with one attached hydrogen (secondary N) is 1. The summed E-state index contributed by atoms with van der Waals surface area (Å²) in [4.78, 5) is 0. The molecule has 2 aliphatic rings. The molecule has 1 aliphatic carbocycles. The Balaban J connectivity index is 1.98. The van der Waals surface area contributed by atoms with E-state index in [1.807, 2.05) is 0 Å². The lowest BCUT2D eigenvalue weighted by Gasteiger charge is -2.25. The number of aryl methyl sites for hydroxylation is 2. The third-order valence-electron chi connectivity index (χ3n) is 4.56. The summed E-state index contributed by atoms with van der Waals surface area (Å²) < 4.78 is 0. The predicted molar refractivity (Wildman–Crippen MR) is 67.8 cm³/mol. The van der Waals surface area contributed by atoms with Crippen molar-refractivity contribution in [2.75, 3.05) is 13.1 Å². The molecule has 2 fully saturated rings. The van der Waals surface area contributed by atoms with Crippen molar-refractivity contribution in [2.45, 2.75) is 38.5 Å². The van der Waals surface area contributed by atoms with Crippen LogP contribution in [-0.4, -0.2) is 13.1 Å². The Morgan fingerprint density at radius 2 is 2.06 bits per heavy atom. The molecular formula is C15H21N. The first-order chi connectivity index (χ1) is 7.72. The molecule has 1 unspecified atom stereocenters. The fourth-order valence-electron chi connectivity index (χ4n) is 3.43. The molecule has 0 bridgehead atoms. The molecule has 3 rings (SSSR count). The lowest BCUT2D eigenvalue weighted by atomic mass is 9.79. The van der Waals surface area contributed by atoms with E-state index in [1.165, 1.54) is 43.5 Å². The molecule has 1 aromatic carbocycles. The third kappa shape index (κ3) is 1.49. The van der Waals surface area contributed by atoms with Gasteiger partial charge in [-0.05, 0) is 68.7 Å². The molecule has 1 N–H and O–H groups in total. The van der Waals surface area contributed by atoms with Crippen LogP contribution < -0.4 is 5.32 Å². The van der Waals surface area contributed by atoms with Gasteiger partial charge < -0.3 is 5.32 Å². The van der Waals surface area contributed by atoms with Crippen molar-refractivity contribution in [2.24, 2.45) is 5.92 Å². The molecule has 1 atom stereocenters. The van der Waals surface area contributed by atoms with Gasteiger partial charge in [-0.1, -0.05) is 23.8 Å². The Bertz CT molecular complexity index is 398. The lowest BCUT2D eigenvalue weighted by Crippen LogP contribution is -2.23. The quantitative estimate of drug-likeness (QED) is 0.800. The highest BCUT2D eigenvalue weighted by Gasteiger charge is 2.51. The first kappa shape index (κ1) is 10.3. The Labute approximate surface area is 98.3 Å². The van der Waals surface area contributed by atoms with Crippen LogP contribution in [0.2, 0.25) is 0 Å². The van der Waals surface area contributed by atoms with Crippen LogP contribution in [0.5, 0.6) is 0 Å². The number of hydrogen-bond acceptors (Lipinski definition) is 1. The minimum Gasteiger partial charge on any atom is -0.316 e. The van der Waals surface area contributed by atoms with Gasteiger partial charge in [-0.3, -0.25) is 0 Å². The van der Waals surface area contributed by atoms with Crippen LogP contribution in [0.3, 0.4) is 0 Å². The molecule has 0 amide bonds. The van der Waals surface area contributed by atoms with Crippen molar-refractivity contribution in [3.8, 4) is 0 Å². The highest BCUT2D eigenvalue weighted by molar-refractivity contribution is 5.41. The van der Waals surface area contributed by atoms with Crippen LogP contribution in [0.15, 0.2) is 18.2 Å². The van der Waals surface area contributed by atoms with E-state index in [-0.39, 0.29) is 0 Å². The topological polar surface area (TPSA) is 12.0 Å². The van der Waals surface area contributed by atoms with Crippen LogP contribution in [0, 0.1) is 19.8 Å². The van der Waals surface area contributed by atoms with Crippen LogP contribution in [0.1, 0.15) is 36.0 Å². The lowest BCUT2D eigenvalue weighted by molar-refractivity contribution is 0.438. The minimum atomic E-state index is 0.541. The van der Waals surface area contributed by atoms with Gasteiger partial charge in [0.1, 0.15) is 0 Å². The molecule has 0 aromatic heterocycles. The molecule has 1 saturated heterocycles. The van der Waals surface area contributed by atoms with E-state index in [0.29, 0.717) is 5.41 Å². The van der Waals surface area contributed by atoms with Gasteiger partial charge in [-0.25, -0.2) is 0 Å². The van der Waals surface area contributed by atoms with E-state index in [4.69, 9.17) is 0 Å². The van der Waals surface area contributed by atoms with E-state index in [1.54, 1.807) is 5.56 Å². The maximum Gasteiger partial charge on any atom is -0.000284 e. The van der Waals surface area contributed by atoms with Gasteiger partial charge in [-0.15, -0.1) is 0 Å². The maximum absolute atomic E-state index is 3.52. The van der Waals surface area contributed by atoms with Crippen LogP contribution in [-0.2, 0) is 5.41 Å². The summed E-state index contributed by atoms with van der Waals surface area (Å²) in [6.45, 7) is 6.94. The van der Waals surface area contributed by atoms with Crippen molar-refractivity contribution in [1.29, 1.82) is 0 Å². The minimum absolute atomic E-state index is 0.541. The molecule has 1 aromatic rings. The molecule has 1 heterocycles. The van der Waals surface area contributed by atoms with Gasteiger partial charge in [0.25, 0.3) is 0 Å². The van der Waals surface area contributed by atoms with Crippen LogP contribution >= 0.6 is 0 Å². The van der Waals surface area contributed by atoms with Crippen molar-refractivity contribution >= 4 is 0 Å². The summed E-state index contributed by atoms with van der Waals surface area (Å²) >= 11 is 0. The molecule has 16 heavy (non-hydrogen) atoms. The zero-order valence-corrected chi connectivity index (χ0v) is 10.3. The molecule has 1 heteroatoms. The zero-order chi connectivity index (χ0) is 11.2. The average molecular weight is 215 g/mol. The van der Waals surface area contributed by atoms with Gasteiger partial charge in [0.05, 0.1) is 0 Å². The monoisotopic (exact) mass is 215 g/mol. The smallest absolute Gasteiger partial charge is 0.000284 e. The first-order valence-electron chi connectivity index (χ1n) is 6.51. The second-order valence-corrected chi connectivity index (χ2v) is 5.66. The van der Waals surface area contributed by atoms with Crippen molar-refractivity contribution in [3.63, 3.8) is 0 Å². The number of hydrogen-bond donors (Lipinski definition) is 1. The average Bonchev–Trinajstić information content (AvgIpc) is 2.89. The van der Waals surface area contributed by atoms with Crippen LogP contribution in [0.25, 0.3) is 0 Å². The molecule has 1 saturated carbocycles. The fourth-order valence-corrected chi connectivity index (χ4v) is 3.43. The number of benzene rings is 1. The first-order valence-corrected chi connectivity index (χ1v) is 6.51. The second kappa shape index (κ2) is 3.59. The fraction of sp³-hybridized carbons (Fsp3) is 0.600. The molecule has 1 nitrogen and oxygen atoms in total. The summed E-state index contributed by atoms with van der Waals surface area (Å²) in [5.41, 5.74) is 5.09. The van der Waals surface area contributed by atoms with Crippen molar-refractivity contribution in [1.82, 2.24) is 5.32 Å². The van der Waals surface area contributed by atoms with E-state index < -0.39 is 0 Å².